The van der Waals surface area contributed by atoms with Crippen LogP contribution in [0.25, 0.3) is 0 Å². The Morgan fingerprint density at radius 1 is 1.32 bits per heavy atom. The summed E-state index contributed by atoms with van der Waals surface area (Å²) in [4.78, 5) is 2.11. The van der Waals surface area contributed by atoms with Gasteiger partial charge in [-0.15, -0.1) is 6.58 Å². The number of hydrogen-bond acceptors (Lipinski definition) is 4. The molecule has 0 saturated carbocycles. The Bertz CT molecular complexity index is 451. The van der Waals surface area contributed by atoms with Crippen LogP contribution in [0.15, 0.2) is 29.3 Å². The van der Waals surface area contributed by atoms with E-state index in [2.05, 4.69) is 27.4 Å². The van der Waals surface area contributed by atoms with Gasteiger partial charge in [0.25, 0.3) is 0 Å². The lowest BCUT2D eigenvalue weighted by Crippen LogP contribution is -2.27. The van der Waals surface area contributed by atoms with E-state index in [1.165, 1.54) is 0 Å². The van der Waals surface area contributed by atoms with Crippen molar-refractivity contribution >= 4 is 15.9 Å². The summed E-state index contributed by atoms with van der Waals surface area (Å²) >= 11 is 3.56. The van der Waals surface area contributed by atoms with Crippen molar-refractivity contribution in [3.8, 4) is 11.5 Å². The number of fused-ring (bicyclic) bond motifs is 1. The minimum absolute atomic E-state index is 0.135. The molecule has 5 heteroatoms. The van der Waals surface area contributed by atoms with Crippen LogP contribution in [-0.4, -0.2) is 42.9 Å². The molecular formula is C14H18BrNO3. The minimum atomic E-state index is 0.135. The van der Waals surface area contributed by atoms with E-state index in [-0.39, 0.29) is 6.61 Å². The molecule has 1 N–H and O–H groups in total. The lowest BCUT2D eigenvalue weighted by atomic mass is 10.1. The van der Waals surface area contributed by atoms with Crippen molar-refractivity contribution in [3.05, 3.63) is 34.8 Å². The highest BCUT2D eigenvalue weighted by Gasteiger charge is 2.16. The van der Waals surface area contributed by atoms with Crippen LogP contribution in [0, 0.1) is 0 Å². The number of hydrogen-bond donors (Lipinski definition) is 1. The van der Waals surface area contributed by atoms with Gasteiger partial charge in [-0.3, -0.25) is 4.90 Å². The molecule has 0 radical (unpaired) electrons. The summed E-state index contributed by atoms with van der Waals surface area (Å²) in [6.45, 7) is 7.13. The third-order valence-corrected chi connectivity index (χ3v) is 3.65. The number of aliphatic hydroxyl groups excluding tert-OH is 1. The van der Waals surface area contributed by atoms with Gasteiger partial charge >= 0.3 is 0 Å². The Kier molecular flexibility index (Phi) is 5.24. The minimum Gasteiger partial charge on any atom is -0.486 e. The van der Waals surface area contributed by atoms with E-state index < -0.39 is 0 Å². The third-order valence-electron chi connectivity index (χ3n) is 2.91. The predicted molar refractivity (Wildman–Crippen MR) is 77.7 cm³/mol. The van der Waals surface area contributed by atoms with Crippen LogP contribution in [0.5, 0.6) is 11.5 Å². The van der Waals surface area contributed by atoms with E-state index in [0.717, 1.165) is 34.6 Å². The van der Waals surface area contributed by atoms with Crippen LogP contribution >= 0.6 is 15.9 Å². The number of benzene rings is 1. The van der Waals surface area contributed by atoms with Crippen LogP contribution in [-0.2, 0) is 6.54 Å². The van der Waals surface area contributed by atoms with Gasteiger partial charge in [-0.25, -0.2) is 0 Å². The molecule has 1 aromatic rings. The second kappa shape index (κ2) is 6.93. The quantitative estimate of drug-likeness (QED) is 0.813. The highest BCUT2D eigenvalue weighted by atomic mass is 79.9. The molecule has 0 spiro atoms. The fraction of sp³-hybridized carbons (Fsp3) is 0.429. The first-order valence-electron chi connectivity index (χ1n) is 6.26. The van der Waals surface area contributed by atoms with Crippen molar-refractivity contribution in [3.63, 3.8) is 0 Å². The number of halogens is 1. The molecular weight excluding hydrogens is 310 g/mol. The van der Waals surface area contributed by atoms with E-state index in [4.69, 9.17) is 14.6 Å². The van der Waals surface area contributed by atoms with Crippen molar-refractivity contribution in [1.82, 2.24) is 4.90 Å². The summed E-state index contributed by atoms with van der Waals surface area (Å²) < 4.78 is 12.1. The van der Waals surface area contributed by atoms with E-state index in [1.54, 1.807) is 0 Å². The fourth-order valence-electron chi connectivity index (χ4n) is 2.03. The molecule has 1 heterocycles. The molecule has 0 amide bonds. The molecule has 0 aromatic heterocycles. The average Bonchev–Trinajstić information content (AvgIpc) is 2.40. The highest BCUT2D eigenvalue weighted by molar-refractivity contribution is 9.10. The van der Waals surface area contributed by atoms with Gasteiger partial charge in [-0.05, 0) is 17.7 Å². The number of ether oxygens (including phenoxy) is 2. The Morgan fingerprint density at radius 3 is 2.63 bits per heavy atom. The average molecular weight is 328 g/mol. The summed E-state index contributed by atoms with van der Waals surface area (Å²) in [5, 5.41) is 9.07. The van der Waals surface area contributed by atoms with E-state index in [9.17, 15) is 0 Å². The normalized spacial score (nSPS) is 13.6. The third kappa shape index (κ3) is 3.72. The zero-order valence-corrected chi connectivity index (χ0v) is 12.4. The maximum atomic E-state index is 9.07. The largest absolute Gasteiger partial charge is 0.486 e. The molecule has 0 unspecified atom stereocenters. The fourth-order valence-corrected chi connectivity index (χ4v) is 2.47. The molecule has 0 saturated heterocycles. The van der Waals surface area contributed by atoms with Crippen LogP contribution in [0.4, 0.5) is 0 Å². The topological polar surface area (TPSA) is 41.9 Å². The molecule has 0 fully saturated rings. The van der Waals surface area contributed by atoms with Gasteiger partial charge in [0.15, 0.2) is 11.5 Å². The summed E-state index contributed by atoms with van der Waals surface area (Å²) in [5.41, 5.74) is 1.11. The summed E-state index contributed by atoms with van der Waals surface area (Å²) in [5.74, 6) is 1.56. The van der Waals surface area contributed by atoms with Gasteiger partial charge < -0.3 is 14.6 Å². The lowest BCUT2D eigenvalue weighted by Gasteiger charge is -2.23. The standard InChI is InChI=1S/C14H18BrNO3/c1-2-3-16(4-5-17)10-11-8-13-14(9-12(11)15)19-7-6-18-13/h2,8-9,17H,1,3-7,10H2. The zero-order chi connectivity index (χ0) is 13.7. The molecule has 0 bridgehead atoms. The van der Waals surface area contributed by atoms with E-state index in [0.29, 0.717) is 19.8 Å². The number of nitrogens with zero attached hydrogens (tertiary/aromatic N) is 1. The Morgan fingerprint density at radius 2 is 2.00 bits per heavy atom. The van der Waals surface area contributed by atoms with Crippen LogP contribution in [0.2, 0.25) is 0 Å². The zero-order valence-electron chi connectivity index (χ0n) is 10.8. The monoisotopic (exact) mass is 327 g/mol. The Hall–Kier alpha value is -1.04. The van der Waals surface area contributed by atoms with Crippen LogP contribution in [0.3, 0.4) is 0 Å². The first kappa shape index (κ1) is 14.4. The molecule has 1 aliphatic heterocycles. The Labute approximate surface area is 121 Å². The van der Waals surface area contributed by atoms with Crippen molar-refractivity contribution in [2.24, 2.45) is 0 Å². The number of rotatable bonds is 6. The van der Waals surface area contributed by atoms with E-state index >= 15 is 0 Å². The summed E-state index contributed by atoms with van der Waals surface area (Å²) in [7, 11) is 0. The van der Waals surface area contributed by atoms with Gasteiger partial charge in [0, 0.05) is 24.1 Å². The highest BCUT2D eigenvalue weighted by Crippen LogP contribution is 2.35. The molecule has 104 valence electrons. The lowest BCUT2D eigenvalue weighted by molar-refractivity contribution is 0.170. The molecule has 0 aliphatic carbocycles. The van der Waals surface area contributed by atoms with Crippen molar-refractivity contribution in [2.45, 2.75) is 6.54 Å². The van der Waals surface area contributed by atoms with Gasteiger partial charge in [0.2, 0.25) is 0 Å². The molecule has 19 heavy (non-hydrogen) atoms. The van der Waals surface area contributed by atoms with Crippen molar-refractivity contribution in [2.75, 3.05) is 32.9 Å². The second-order valence-electron chi connectivity index (χ2n) is 4.33. The first-order chi connectivity index (χ1) is 9.24. The molecule has 4 nitrogen and oxygen atoms in total. The second-order valence-corrected chi connectivity index (χ2v) is 5.19. The van der Waals surface area contributed by atoms with Crippen molar-refractivity contribution in [1.29, 1.82) is 0 Å². The smallest absolute Gasteiger partial charge is 0.162 e. The molecule has 1 aliphatic rings. The van der Waals surface area contributed by atoms with Crippen molar-refractivity contribution < 1.29 is 14.6 Å². The number of aliphatic hydroxyl groups is 1. The SMILES string of the molecule is C=CCN(CCO)Cc1cc2c(cc1Br)OCCO2. The van der Waals surface area contributed by atoms with Crippen LogP contribution < -0.4 is 9.47 Å². The maximum Gasteiger partial charge on any atom is 0.162 e. The van der Waals surface area contributed by atoms with E-state index in [1.807, 2.05) is 18.2 Å². The maximum absolute atomic E-state index is 9.07. The molecule has 2 rings (SSSR count). The first-order valence-corrected chi connectivity index (χ1v) is 7.06. The van der Waals surface area contributed by atoms with Gasteiger partial charge in [-0.2, -0.15) is 0 Å². The summed E-state index contributed by atoms with van der Waals surface area (Å²) in [6.07, 6.45) is 1.83. The van der Waals surface area contributed by atoms with Gasteiger partial charge in [-0.1, -0.05) is 22.0 Å². The van der Waals surface area contributed by atoms with Gasteiger partial charge in [0.05, 0.1) is 6.61 Å². The predicted octanol–water partition coefficient (Wildman–Crippen LogP) is 2.20. The Balaban J connectivity index is 2.16. The van der Waals surface area contributed by atoms with Gasteiger partial charge in [0.1, 0.15) is 13.2 Å². The summed E-state index contributed by atoms with van der Waals surface area (Å²) in [6, 6.07) is 3.93. The molecule has 0 atom stereocenters. The van der Waals surface area contributed by atoms with Crippen LogP contribution in [0.1, 0.15) is 5.56 Å². The molecule has 1 aromatic carbocycles.